The molecule has 0 heterocycles. The van der Waals surface area contributed by atoms with Crippen molar-refractivity contribution in [2.45, 2.75) is 5.41 Å². The molecule has 1 spiro atoms. The molecule has 9 aromatic carbocycles. The molecule has 54 heavy (non-hydrogen) atoms. The SMILES string of the molecule is c1ccc(-c2ccc(N(c3ccc(-c4ccccc4)cc3)c3ccc4c(c3)C3(c5ccccc5-4)c4ccccc4-c4cccc5cccc3c45)cc2)cc1. The molecule has 9 aromatic rings. The van der Waals surface area contributed by atoms with Crippen LogP contribution in [0.2, 0.25) is 0 Å². The lowest BCUT2D eigenvalue weighted by atomic mass is 9.61. The van der Waals surface area contributed by atoms with E-state index in [1.165, 1.54) is 77.5 Å². The Labute approximate surface area is 316 Å². The molecule has 252 valence electrons. The van der Waals surface area contributed by atoms with Crippen molar-refractivity contribution < 1.29 is 0 Å². The molecule has 0 radical (unpaired) electrons. The molecule has 11 rings (SSSR count). The third-order valence-corrected chi connectivity index (χ3v) is 11.7. The van der Waals surface area contributed by atoms with E-state index in [1.807, 2.05) is 0 Å². The van der Waals surface area contributed by atoms with Crippen LogP contribution in [0.5, 0.6) is 0 Å². The summed E-state index contributed by atoms with van der Waals surface area (Å²) in [6.07, 6.45) is 0. The molecule has 1 atom stereocenters. The second-order valence-corrected chi connectivity index (χ2v) is 14.4. The highest BCUT2D eigenvalue weighted by Gasteiger charge is 2.50. The van der Waals surface area contributed by atoms with Gasteiger partial charge in [0.15, 0.2) is 0 Å². The Bertz CT molecular complexity index is 2770. The molecule has 2 aliphatic carbocycles. The van der Waals surface area contributed by atoms with Crippen LogP contribution in [0.3, 0.4) is 0 Å². The maximum absolute atomic E-state index is 2.48. The summed E-state index contributed by atoms with van der Waals surface area (Å²) in [5.41, 5.74) is 18.3. The van der Waals surface area contributed by atoms with E-state index in [4.69, 9.17) is 0 Å². The predicted octanol–water partition coefficient (Wildman–Crippen LogP) is 14.0. The lowest BCUT2D eigenvalue weighted by molar-refractivity contribution is 0.773. The first-order valence-corrected chi connectivity index (χ1v) is 18.8. The number of benzene rings is 9. The third-order valence-electron chi connectivity index (χ3n) is 11.7. The first-order valence-electron chi connectivity index (χ1n) is 18.8. The molecule has 0 saturated carbocycles. The second-order valence-electron chi connectivity index (χ2n) is 14.4. The molecule has 0 bridgehead atoms. The van der Waals surface area contributed by atoms with Gasteiger partial charge in [0.2, 0.25) is 0 Å². The number of hydrogen-bond donors (Lipinski definition) is 0. The highest BCUT2D eigenvalue weighted by Crippen LogP contribution is 2.62. The minimum absolute atomic E-state index is 0.480. The van der Waals surface area contributed by atoms with E-state index in [2.05, 4.69) is 217 Å². The van der Waals surface area contributed by atoms with Crippen LogP contribution < -0.4 is 4.90 Å². The van der Waals surface area contributed by atoms with Crippen molar-refractivity contribution in [1.29, 1.82) is 0 Å². The fourth-order valence-electron chi connectivity index (χ4n) is 9.37. The van der Waals surface area contributed by atoms with Gasteiger partial charge in [0, 0.05) is 17.1 Å². The summed E-state index contributed by atoms with van der Waals surface area (Å²) in [6.45, 7) is 0. The van der Waals surface area contributed by atoms with Crippen molar-refractivity contribution in [1.82, 2.24) is 0 Å². The van der Waals surface area contributed by atoms with Gasteiger partial charge in [-0.3, -0.25) is 0 Å². The van der Waals surface area contributed by atoms with E-state index in [1.54, 1.807) is 0 Å². The Balaban J connectivity index is 1.16. The van der Waals surface area contributed by atoms with Crippen LogP contribution in [-0.2, 0) is 5.41 Å². The number of hydrogen-bond acceptors (Lipinski definition) is 1. The summed E-state index contributed by atoms with van der Waals surface area (Å²) in [5.74, 6) is 0. The van der Waals surface area contributed by atoms with E-state index in [0.717, 1.165) is 17.1 Å². The maximum Gasteiger partial charge on any atom is 0.0726 e. The zero-order valence-electron chi connectivity index (χ0n) is 29.7. The zero-order chi connectivity index (χ0) is 35.6. The van der Waals surface area contributed by atoms with Gasteiger partial charge in [0.1, 0.15) is 0 Å². The smallest absolute Gasteiger partial charge is 0.0726 e. The molecule has 2 aliphatic rings. The molecule has 1 heteroatoms. The van der Waals surface area contributed by atoms with Crippen LogP contribution in [0.25, 0.3) is 55.3 Å². The largest absolute Gasteiger partial charge is 0.310 e. The molecule has 1 nitrogen and oxygen atoms in total. The van der Waals surface area contributed by atoms with Crippen LogP contribution in [0.15, 0.2) is 212 Å². The van der Waals surface area contributed by atoms with Crippen LogP contribution >= 0.6 is 0 Å². The topological polar surface area (TPSA) is 3.24 Å². The summed E-state index contributed by atoms with van der Waals surface area (Å²) >= 11 is 0. The third kappa shape index (κ3) is 4.45. The summed E-state index contributed by atoms with van der Waals surface area (Å²) in [5, 5.41) is 2.62. The van der Waals surface area contributed by atoms with Gasteiger partial charge in [-0.15, -0.1) is 0 Å². The van der Waals surface area contributed by atoms with Crippen LogP contribution in [0.1, 0.15) is 22.3 Å². The highest BCUT2D eigenvalue weighted by molar-refractivity contribution is 6.07. The standard InChI is InChI=1S/C53H35N/c1-3-13-36(14-4-1)38-25-29-41(30-26-38)54(42-31-27-39(28-32-42)37-15-5-2-6-16-37)43-33-34-46-44-19-7-9-22-48(44)53(51(46)35-43)49-23-10-8-20-45(49)47-21-11-17-40-18-12-24-50(53)52(40)47/h1-35H. The van der Waals surface area contributed by atoms with Gasteiger partial charge in [-0.25, -0.2) is 0 Å². The van der Waals surface area contributed by atoms with E-state index in [-0.39, 0.29) is 0 Å². The molecule has 0 amide bonds. The molecular weight excluding hydrogens is 651 g/mol. The lowest BCUT2D eigenvalue weighted by Gasteiger charge is -2.40. The quantitative estimate of drug-likeness (QED) is 0.174. The van der Waals surface area contributed by atoms with Crippen LogP contribution in [-0.4, -0.2) is 0 Å². The summed E-state index contributed by atoms with van der Waals surface area (Å²) in [7, 11) is 0. The molecule has 0 aromatic heterocycles. The first-order chi connectivity index (χ1) is 26.8. The van der Waals surface area contributed by atoms with Crippen molar-refractivity contribution >= 4 is 27.8 Å². The van der Waals surface area contributed by atoms with Gasteiger partial charge in [-0.05, 0) is 114 Å². The number of nitrogens with zero attached hydrogens (tertiary/aromatic N) is 1. The fourth-order valence-corrected chi connectivity index (χ4v) is 9.37. The molecule has 1 unspecified atom stereocenters. The number of rotatable bonds is 5. The molecular formula is C53H35N. The Morgan fingerprint density at radius 2 is 0.704 bits per heavy atom. The Kier molecular flexibility index (Phi) is 6.84. The maximum atomic E-state index is 2.48. The van der Waals surface area contributed by atoms with Crippen molar-refractivity contribution in [2.24, 2.45) is 0 Å². The predicted molar refractivity (Wildman–Crippen MR) is 226 cm³/mol. The van der Waals surface area contributed by atoms with Gasteiger partial charge in [0.05, 0.1) is 5.41 Å². The monoisotopic (exact) mass is 685 g/mol. The van der Waals surface area contributed by atoms with E-state index in [0.29, 0.717) is 0 Å². The molecule has 0 fully saturated rings. The molecule has 0 N–H and O–H groups in total. The summed E-state index contributed by atoms with van der Waals surface area (Å²) in [4.78, 5) is 2.42. The van der Waals surface area contributed by atoms with Crippen molar-refractivity contribution in [2.75, 3.05) is 4.90 Å². The molecule has 0 saturated heterocycles. The van der Waals surface area contributed by atoms with Gasteiger partial charge >= 0.3 is 0 Å². The van der Waals surface area contributed by atoms with Crippen molar-refractivity contribution in [3.63, 3.8) is 0 Å². The minimum atomic E-state index is -0.480. The first kappa shape index (κ1) is 30.6. The summed E-state index contributed by atoms with van der Waals surface area (Å²) < 4.78 is 0. The highest BCUT2D eigenvalue weighted by atomic mass is 15.1. The Hall–Kier alpha value is -6.96. The van der Waals surface area contributed by atoms with Crippen molar-refractivity contribution in [3.05, 3.63) is 235 Å². The molecule has 0 aliphatic heterocycles. The van der Waals surface area contributed by atoms with Gasteiger partial charge in [-0.2, -0.15) is 0 Å². The minimum Gasteiger partial charge on any atom is -0.310 e. The van der Waals surface area contributed by atoms with Gasteiger partial charge < -0.3 is 4.90 Å². The number of anilines is 3. The fraction of sp³-hybridized carbons (Fsp3) is 0.0189. The number of fused-ring (bicyclic) bond motifs is 9. The Morgan fingerprint density at radius 1 is 0.278 bits per heavy atom. The van der Waals surface area contributed by atoms with Gasteiger partial charge in [0.25, 0.3) is 0 Å². The van der Waals surface area contributed by atoms with E-state index >= 15 is 0 Å². The normalized spacial score (nSPS) is 14.7. The summed E-state index contributed by atoms with van der Waals surface area (Å²) in [6, 6.07) is 78.3. The van der Waals surface area contributed by atoms with E-state index in [9.17, 15) is 0 Å². The zero-order valence-corrected chi connectivity index (χ0v) is 29.7. The van der Waals surface area contributed by atoms with E-state index < -0.39 is 5.41 Å². The Morgan fingerprint density at radius 3 is 1.30 bits per heavy atom. The van der Waals surface area contributed by atoms with Gasteiger partial charge in [-0.1, -0.05) is 176 Å². The average molecular weight is 686 g/mol. The van der Waals surface area contributed by atoms with Crippen LogP contribution in [0, 0.1) is 0 Å². The van der Waals surface area contributed by atoms with Crippen molar-refractivity contribution in [3.8, 4) is 44.5 Å². The average Bonchev–Trinajstić information content (AvgIpc) is 3.54. The second kappa shape index (κ2) is 12.0. The van der Waals surface area contributed by atoms with Crippen LogP contribution in [0.4, 0.5) is 17.1 Å². The lowest BCUT2D eigenvalue weighted by Crippen LogP contribution is -2.32.